The van der Waals surface area contributed by atoms with E-state index in [1.807, 2.05) is 0 Å². The molecule has 1 aliphatic rings. The van der Waals surface area contributed by atoms with E-state index >= 15 is 0 Å². The summed E-state index contributed by atoms with van der Waals surface area (Å²) in [5, 5.41) is 3.61. The molecule has 0 fully saturated rings. The third-order valence-corrected chi connectivity index (χ3v) is 4.91. The number of rotatable bonds is 5. The average molecular weight is 413 g/mol. The van der Waals surface area contributed by atoms with Gasteiger partial charge in [0.05, 0.1) is 17.9 Å². The summed E-state index contributed by atoms with van der Waals surface area (Å²) >= 11 is 6.04. The summed E-state index contributed by atoms with van der Waals surface area (Å²) in [4.78, 5) is 25.4. The highest BCUT2D eigenvalue weighted by molar-refractivity contribution is 6.30. The lowest BCUT2D eigenvalue weighted by Crippen LogP contribution is -2.10. The lowest BCUT2D eigenvalue weighted by Gasteiger charge is -2.15. The van der Waals surface area contributed by atoms with Crippen molar-refractivity contribution in [2.45, 2.75) is 26.2 Å². The molecule has 0 atom stereocenters. The van der Waals surface area contributed by atoms with E-state index in [1.54, 1.807) is 19.2 Å². The van der Waals surface area contributed by atoms with Gasteiger partial charge < -0.3 is 10.1 Å². The fourth-order valence-corrected chi connectivity index (χ4v) is 3.50. The van der Waals surface area contributed by atoms with Gasteiger partial charge in [-0.15, -0.1) is 0 Å². The Hall–Kier alpha value is -3.06. The number of hydrogen-bond acceptors (Lipinski definition) is 6. The molecule has 1 aliphatic carbocycles. The van der Waals surface area contributed by atoms with E-state index in [0.29, 0.717) is 22.1 Å². The van der Waals surface area contributed by atoms with Crippen LogP contribution < -0.4 is 5.32 Å². The number of halogens is 2. The predicted octanol–water partition coefficient (Wildman–Crippen LogP) is 4.74. The molecule has 6 nitrogen and oxygen atoms in total. The van der Waals surface area contributed by atoms with Crippen LogP contribution in [0, 0.1) is 5.82 Å². The second-order valence-electron chi connectivity index (χ2n) is 6.57. The maximum absolute atomic E-state index is 14.4. The van der Waals surface area contributed by atoms with Gasteiger partial charge >= 0.3 is 5.97 Å². The molecule has 2 aromatic heterocycles. The summed E-state index contributed by atoms with van der Waals surface area (Å²) in [6, 6.07) is 5.96. The van der Waals surface area contributed by atoms with Gasteiger partial charge in [-0.2, -0.15) is 0 Å². The summed E-state index contributed by atoms with van der Waals surface area (Å²) in [6.07, 6.45) is 5.53. The minimum Gasteiger partial charge on any atom is -0.462 e. The standard InChI is InChI=1S/C21H18ClFN4O2/c1-2-29-21(28)15-11-24-9-8-18(15)26-19-13-4-3-5-17(13)25-20(27-19)14-10-12(22)6-7-16(14)23/h6-11H,2-5H2,1H3,(H,24,25,26,27). The summed E-state index contributed by atoms with van der Waals surface area (Å²) < 4.78 is 19.5. The molecule has 0 bridgehead atoms. The number of aryl methyl sites for hydroxylation is 1. The van der Waals surface area contributed by atoms with E-state index < -0.39 is 11.8 Å². The van der Waals surface area contributed by atoms with Crippen LogP contribution in [0.5, 0.6) is 0 Å². The first kappa shape index (κ1) is 19.3. The number of nitrogens with zero attached hydrogens (tertiary/aromatic N) is 3. The lowest BCUT2D eigenvalue weighted by molar-refractivity contribution is 0.0527. The van der Waals surface area contributed by atoms with Crippen LogP contribution in [0.1, 0.15) is 35.0 Å². The second kappa shape index (κ2) is 8.13. The zero-order valence-corrected chi connectivity index (χ0v) is 16.5. The number of esters is 1. The molecule has 0 amide bonds. The molecule has 4 rings (SSSR count). The van der Waals surface area contributed by atoms with E-state index in [4.69, 9.17) is 16.3 Å². The molecule has 0 saturated heterocycles. The summed E-state index contributed by atoms with van der Waals surface area (Å²) in [7, 11) is 0. The van der Waals surface area contributed by atoms with Crippen molar-refractivity contribution in [3.05, 3.63) is 64.3 Å². The molecule has 0 aliphatic heterocycles. The van der Waals surface area contributed by atoms with E-state index in [9.17, 15) is 9.18 Å². The Bertz CT molecular complexity index is 1090. The molecule has 3 aromatic rings. The van der Waals surface area contributed by atoms with Crippen LogP contribution in [0.3, 0.4) is 0 Å². The number of nitrogens with one attached hydrogen (secondary N) is 1. The third-order valence-electron chi connectivity index (χ3n) is 4.67. The van der Waals surface area contributed by atoms with Crippen LogP contribution in [0.25, 0.3) is 11.4 Å². The maximum Gasteiger partial charge on any atom is 0.341 e. The Labute approximate surface area is 172 Å². The monoisotopic (exact) mass is 412 g/mol. The topological polar surface area (TPSA) is 77.0 Å². The minimum atomic E-state index is -0.477. The smallest absolute Gasteiger partial charge is 0.341 e. The predicted molar refractivity (Wildman–Crippen MR) is 108 cm³/mol. The molecule has 1 N–H and O–H groups in total. The normalized spacial score (nSPS) is 12.5. The Morgan fingerprint density at radius 3 is 2.97 bits per heavy atom. The highest BCUT2D eigenvalue weighted by atomic mass is 35.5. The highest BCUT2D eigenvalue weighted by Gasteiger charge is 2.23. The van der Waals surface area contributed by atoms with Crippen molar-refractivity contribution in [1.82, 2.24) is 15.0 Å². The summed E-state index contributed by atoms with van der Waals surface area (Å²) in [5.74, 6) is -0.136. The first-order valence-corrected chi connectivity index (χ1v) is 9.68. The van der Waals surface area contributed by atoms with Crippen LogP contribution in [-0.2, 0) is 17.6 Å². The lowest BCUT2D eigenvalue weighted by atomic mass is 10.1. The highest BCUT2D eigenvalue weighted by Crippen LogP contribution is 2.33. The molecule has 1 aromatic carbocycles. The van der Waals surface area contributed by atoms with Crippen LogP contribution in [0.2, 0.25) is 5.02 Å². The molecular weight excluding hydrogens is 395 g/mol. The Kier molecular flexibility index (Phi) is 5.40. The van der Waals surface area contributed by atoms with Gasteiger partial charge in [0.2, 0.25) is 0 Å². The van der Waals surface area contributed by atoms with Gasteiger partial charge in [0.15, 0.2) is 5.82 Å². The second-order valence-corrected chi connectivity index (χ2v) is 7.00. The average Bonchev–Trinajstić information content (AvgIpc) is 3.19. The van der Waals surface area contributed by atoms with Gasteiger partial charge in [0.1, 0.15) is 17.2 Å². The molecule has 29 heavy (non-hydrogen) atoms. The van der Waals surface area contributed by atoms with Crippen molar-refractivity contribution in [3.63, 3.8) is 0 Å². The van der Waals surface area contributed by atoms with Gasteiger partial charge in [0, 0.05) is 28.7 Å². The van der Waals surface area contributed by atoms with Crippen LogP contribution in [0.15, 0.2) is 36.7 Å². The van der Waals surface area contributed by atoms with Crippen LogP contribution in [0.4, 0.5) is 15.9 Å². The van der Waals surface area contributed by atoms with Crippen LogP contribution >= 0.6 is 11.6 Å². The fraction of sp³-hybridized carbons (Fsp3) is 0.238. The van der Waals surface area contributed by atoms with Crippen molar-refractivity contribution in [2.24, 2.45) is 0 Å². The molecular formula is C21H18ClFN4O2. The van der Waals surface area contributed by atoms with E-state index in [0.717, 1.165) is 30.5 Å². The number of benzene rings is 1. The SMILES string of the molecule is CCOC(=O)c1cnccc1Nc1nc(-c2cc(Cl)ccc2F)nc2c1CCC2. The molecule has 0 unspecified atom stereocenters. The zero-order chi connectivity index (χ0) is 20.4. The molecule has 0 spiro atoms. The van der Waals surface area contributed by atoms with E-state index in [-0.39, 0.29) is 18.0 Å². The first-order valence-electron chi connectivity index (χ1n) is 9.30. The maximum atomic E-state index is 14.4. The molecule has 0 radical (unpaired) electrons. The number of carbonyl (C=O) groups excluding carboxylic acids is 1. The number of fused-ring (bicyclic) bond motifs is 1. The van der Waals surface area contributed by atoms with Gasteiger partial charge in [-0.3, -0.25) is 4.98 Å². The Morgan fingerprint density at radius 1 is 1.28 bits per heavy atom. The molecule has 148 valence electrons. The van der Waals surface area contributed by atoms with Gasteiger partial charge in [-0.05, 0) is 50.5 Å². The van der Waals surface area contributed by atoms with Gasteiger partial charge in [-0.25, -0.2) is 19.2 Å². The number of aromatic nitrogens is 3. The molecule has 0 saturated carbocycles. The molecule has 8 heteroatoms. The van der Waals surface area contributed by atoms with E-state index in [2.05, 4.69) is 20.3 Å². The molecule has 2 heterocycles. The van der Waals surface area contributed by atoms with Crippen molar-refractivity contribution >= 4 is 29.1 Å². The zero-order valence-electron chi connectivity index (χ0n) is 15.7. The number of hydrogen-bond donors (Lipinski definition) is 1. The van der Waals surface area contributed by atoms with Crippen molar-refractivity contribution in [2.75, 3.05) is 11.9 Å². The van der Waals surface area contributed by atoms with Gasteiger partial charge in [0.25, 0.3) is 0 Å². The first-order chi connectivity index (χ1) is 14.1. The number of pyridine rings is 1. The number of ether oxygens (including phenoxy) is 1. The number of carbonyl (C=O) groups is 1. The van der Waals surface area contributed by atoms with Crippen LogP contribution in [-0.4, -0.2) is 27.5 Å². The summed E-state index contributed by atoms with van der Waals surface area (Å²) in [5.41, 5.74) is 2.88. The Morgan fingerprint density at radius 2 is 2.14 bits per heavy atom. The van der Waals surface area contributed by atoms with Crippen molar-refractivity contribution < 1.29 is 13.9 Å². The fourth-order valence-electron chi connectivity index (χ4n) is 3.33. The van der Waals surface area contributed by atoms with Crippen molar-refractivity contribution in [3.8, 4) is 11.4 Å². The quantitative estimate of drug-likeness (QED) is 0.610. The largest absolute Gasteiger partial charge is 0.462 e. The van der Waals surface area contributed by atoms with Crippen molar-refractivity contribution in [1.29, 1.82) is 0 Å². The third kappa shape index (κ3) is 3.91. The number of anilines is 2. The van der Waals surface area contributed by atoms with E-state index in [1.165, 1.54) is 24.4 Å². The Balaban J connectivity index is 1.79. The minimum absolute atomic E-state index is 0.232. The summed E-state index contributed by atoms with van der Waals surface area (Å²) in [6.45, 7) is 2.00. The van der Waals surface area contributed by atoms with Gasteiger partial charge in [-0.1, -0.05) is 11.6 Å².